The first-order valence-corrected chi connectivity index (χ1v) is 4.74. The number of oxime groups is 1. The molecule has 2 aliphatic rings. The van der Waals surface area contributed by atoms with Crippen LogP contribution in [0, 0.1) is 16.7 Å². The number of nitrogens with zero attached hydrogens (tertiary/aromatic N) is 1. The van der Waals surface area contributed by atoms with Crippen molar-refractivity contribution in [3.05, 3.63) is 0 Å². The largest absolute Gasteiger partial charge is 0.411 e. The highest BCUT2D eigenvalue weighted by Crippen LogP contribution is 2.60. The average molecular weight is 167 g/mol. The van der Waals surface area contributed by atoms with Crippen LogP contribution in [0.2, 0.25) is 0 Å². The van der Waals surface area contributed by atoms with Gasteiger partial charge in [-0.05, 0) is 25.2 Å². The van der Waals surface area contributed by atoms with E-state index in [-0.39, 0.29) is 10.8 Å². The molecule has 0 aliphatic heterocycles. The third kappa shape index (κ3) is 0.732. The van der Waals surface area contributed by atoms with Crippen molar-refractivity contribution in [1.29, 1.82) is 0 Å². The summed E-state index contributed by atoms with van der Waals surface area (Å²) < 4.78 is 0. The molecule has 0 aromatic heterocycles. The molecule has 2 saturated carbocycles. The van der Waals surface area contributed by atoms with Crippen molar-refractivity contribution in [2.24, 2.45) is 21.9 Å². The lowest BCUT2D eigenvalue weighted by Crippen LogP contribution is -2.35. The highest BCUT2D eigenvalue weighted by atomic mass is 16.4. The van der Waals surface area contributed by atoms with E-state index >= 15 is 0 Å². The number of rotatable bonds is 0. The van der Waals surface area contributed by atoms with Gasteiger partial charge in [-0.3, -0.25) is 0 Å². The molecule has 0 radical (unpaired) electrons. The van der Waals surface area contributed by atoms with Gasteiger partial charge in [0.15, 0.2) is 0 Å². The van der Waals surface area contributed by atoms with Crippen LogP contribution in [-0.2, 0) is 0 Å². The fourth-order valence-corrected chi connectivity index (χ4v) is 3.29. The van der Waals surface area contributed by atoms with Gasteiger partial charge in [-0.1, -0.05) is 25.9 Å². The molecule has 2 aliphatic carbocycles. The Kier molecular flexibility index (Phi) is 1.37. The van der Waals surface area contributed by atoms with Gasteiger partial charge in [-0.15, -0.1) is 0 Å². The predicted molar refractivity (Wildman–Crippen MR) is 48.5 cm³/mol. The van der Waals surface area contributed by atoms with Gasteiger partial charge in [-0.25, -0.2) is 0 Å². The van der Waals surface area contributed by atoms with E-state index in [2.05, 4.69) is 25.9 Å². The Hall–Kier alpha value is -0.530. The zero-order valence-corrected chi connectivity index (χ0v) is 8.09. The smallest absolute Gasteiger partial charge is 0.0688 e. The van der Waals surface area contributed by atoms with E-state index in [1.165, 1.54) is 19.3 Å². The summed E-state index contributed by atoms with van der Waals surface area (Å²) in [6.45, 7) is 6.64. The van der Waals surface area contributed by atoms with Crippen LogP contribution < -0.4 is 0 Å². The predicted octanol–water partition coefficient (Wildman–Crippen LogP) is 2.66. The summed E-state index contributed by atoms with van der Waals surface area (Å²) in [6.07, 6.45) is 3.74. The molecule has 12 heavy (non-hydrogen) atoms. The lowest BCUT2D eigenvalue weighted by molar-refractivity contribution is 0.279. The molecule has 0 aromatic rings. The summed E-state index contributed by atoms with van der Waals surface area (Å²) in [5, 5.41) is 12.5. The van der Waals surface area contributed by atoms with Gasteiger partial charge >= 0.3 is 0 Å². The summed E-state index contributed by atoms with van der Waals surface area (Å²) in [5.74, 6) is 0.744. The molecule has 0 spiro atoms. The molecule has 2 atom stereocenters. The molecule has 0 unspecified atom stereocenters. The van der Waals surface area contributed by atoms with Crippen molar-refractivity contribution in [1.82, 2.24) is 0 Å². The fourth-order valence-electron chi connectivity index (χ4n) is 3.29. The summed E-state index contributed by atoms with van der Waals surface area (Å²) >= 11 is 0. The second-order valence-electron chi connectivity index (χ2n) is 5.17. The van der Waals surface area contributed by atoms with E-state index in [1.54, 1.807) is 0 Å². The molecule has 0 amide bonds. The van der Waals surface area contributed by atoms with Crippen LogP contribution in [0.25, 0.3) is 0 Å². The van der Waals surface area contributed by atoms with Crippen molar-refractivity contribution < 1.29 is 5.21 Å². The van der Waals surface area contributed by atoms with E-state index in [0.717, 1.165) is 11.6 Å². The van der Waals surface area contributed by atoms with Gasteiger partial charge in [0.25, 0.3) is 0 Å². The maximum absolute atomic E-state index is 8.98. The Bertz CT molecular complexity index is 237. The average Bonchev–Trinajstić information content (AvgIpc) is 2.39. The molecule has 2 bridgehead atoms. The lowest BCUT2D eigenvalue weighted by Gasteiger charge is -2.33. The summed E-state index contributed by atoms with van der Waals surface area (Å²) in [5.41, 5.74) is 1.39. The molecular weight excluding hydrogens is 150 g/mol. The minimum atomic E-state index is 0.141. The zero-order valence-electron chi connectivity index (χ0n) is 8.09. The van der Waals surface area contributed by atoms with Crippen LogP contribution in [0.4, 0.5) is 0 Å². The Morgan fingerprint density at radius 1 is 1.42 bits per heavy atom. The number of hydrogen-bond donors (Lipinski definition) is 1. The molecule has 2 nitrogen and oxygen atoms in total. The Morgan fingerprint density at radius 2 is 2.08 bits per heavy atom. The molecule has 0 aromatic carbocycles. The zero-order chi connectivity index (χ0) is 8.98. The summed E-state index contributed by atoms with van der Waals surface area (Å²) in [6, 6.07) is 0. The molecule has 2 heteroatoms. The lowest BCUT2D eigenvalue weighted by atomic mass is 9.71. The second kappa shape index (κ2) is 2.04. The van der Waals surface area contributed by atoms with Crippen LogP contribution >= 0.6 is 0 Å². The Morgan fingerprint density at radius 3 is 2.42 bits per heavy atom. The van der Waals surface area contributed by atoms with Crippen molar-refractivity contribution in [3.63, 3.8) is 0 Å². The normalized spacial score (nSPS) is 47.2. The van der Waals surface area contributed by atoms with Crippen molar-refractivity contribution in [3.8, 4) is 0 Å². The first-order valence-electron chi connectivity index (χ1n) is 4.74. The van der Waals surface area contributed by atoms with Gasteiger partial charge in [0.2, 0.25) is 0 Å². The third-order valence-electron chi connectivity index (χ3n) is 4.04. The summed E-state index contributed by atoms with van der Waals surface area (Å²) in [7, 11) is 0. The van der Waals surface area contributed by atoms with Gasteiger partial charge in [0.1, 0.15) is 0 Å². The highest BCUT2D eigenvalue weighted by Gasteiger charge is 2.57. The second-order valence-corrected chi connectivity index (χ2v) is 5.17. The van der Waals surface area contributed by atoms with Gasteiger partial charge in [-0.2, -0.15) is 0 Å². The molecule has 2 fully saturated rings. The third-order valence-corrected chi connectivity index (χ3v) is 4.04. The topological polar surface area (TPSA) is 32.6 Å². The standard InChI is InChI=1S/C10H17NO/c1-9(2)7-4-5-10(3,6-7)8(9)11-12/h7,12H,4-6H2,1-3H3/b11-8+/t7-,10-/m1/s1. The number of hydrogen-bond acceptors (Lipinski definition) is 2. The highest BCUT2D eigenvalue weighted by molar-refractivity contribution is 5.97. The maximum atomic E-state index is 8.98. The van der Waals surface area contributed by atoms with Gasteiger partial charge < -0.3 is 5.21 Å². The van der Waals surface area contributed by atoms with E-state index in [9.17, 15) is 0 Å². The minimum absolute atomic E-state index is 0.141. The molecule has 2 rings (SSSR count). The van der Waals surface area contributed by atoms with E-state index in [4.69, 9.17) is 5.21 Å². The van der Waals surface area contributed by atoms with Crippen LogP contribution in [0.1, 0.15) is 40.0 Å². The molecule has 0 heterocycles. The van der Waals surface area contributed by atoms with Crippen molar-refractivity contribution in [2.75, 3.05) is 0 Å². The van der Waals surface area contributed by atoms with Crippen LogP contribution in [0.3, 0.4) is 0 Å². The van der Waals surface area contributed by atoms with Crippen LogP contribution in [0.5, 0.6) is 0 Å². The van der Waals surface area contributed by atoms with Crippen LogP contribution in [-0.4, -0.2) is 10.9 Å². The summed E-state index contributed by atoms with van der Waals surface area (Å²) in [4.78, 5) is 0. The SMILES string of the molecule is CC1(C)/C(=N\O)[C@]2(C)CC[C@@H]1C2. The minimum Gasteiger partial charge on any atom is -0.411 e. The van der Waals surface area contributed by atoms with Gasteiger partial charge in [0.05, 0.1) is 5.71 Å². The fraction of sp³-hybridized carbons (Fsp3) is 0.900. The van der Waals surface area contributed by atoms with E-state index < -0.39 is 0 Å². The van der Waals surface area contributed by atoms with Gasteiger partial charge in [0, 0.05) is 10.8 Å². The molecule has 1 N–H and O–H groups in total. The Balaban J connectivity index is 2.45. The monoisotopic (exact) mass is 167 g/mol. The van der Waals surface area contributed by atoms with Crippen molar-refractivity contribution >= 4 is 5.71 Å². The first kappa shape index (κ1) is 8.09. The first-order chi connectivity index (χ1) is 5.50. The quantitative estimate of drug-likeness (QED) is 0.436. The molecular formula is C10H17NO. The maximum Gasteiger partial charge on any atom is 0.0688 e. The number of fused-ring (bicyclic) bond motifs is 2. The molecule has 68 valence electrons. The molecule has 0 saturated heterocycles. The van der Waals surface area contributed by atoms with E-state index in [0.29, 0.717) is 0 Å². The Labute approximate surface area is 73.7 Å². The van der Waals surface area contributed by atoms with E-state index in [1.807, 2.05) is 0 Å². The van der Waals surface area contributed by atoms with Crippen LogP contribution in [0.15, 0.2) is 5.16 Å². The van der Waals surface area contributed by atoms with Crippen molar-refractivity contribution in [2.45, 2.75) is 40.0 Å².